The van der Waals surface area contributed by atoms with Gasteiger partial charge < -0.3 is 5.32 Å². The number of benzene rings is 1. The number of halogens is 1. The van der Waals surface area contributed by atoms with Gasteiger partial charge in [-0.1, -0.05) is 0 Å². The molecule has 0 bridgehead atoms. The van der Waals surface area contributed by atoms with Crippen LogP contribution < -0.4 is 10.9 Å². The van der Waals surface area contributed by atoms with E-state index >= 15 is 0 Å². The van der Waals surface area contributed by atoms with Crippen molar-refractivity contribution in [1.82, 2.24) is 19.9 Å². The highest BCUT2D eigenvalue weighted by atomic mass is 32.1. The summed E-state index contributed by atoms with van der Waals surface area (Å²) in [7, 11) is 0. The second-order valence-corrected chi connectivity index (χ2v) is 8.15. The van der Waals surface area contributed by atoms with Crippen LogP contribution in [-0.4, -0.2) is 27.0 Å². The second-order valence-electron chi connectivity index (χ2n) is 6.98. The van der Waals surface area contributed by atoms with Gasteiger partial charge in [0, 0.05) is 17.8 Å². The molecule has 1 N–H and O–H groups in total. The number of aryl methyl sites for hydroxylation is 3. The molecule has 0 atom stereocenters. The number of hydrogen-bond donors (Lipinski definition) is 1. The van der Waals surface area contributed by atoms with E-state index in [-0.39, 0.29) is 17.8 Å². The maximum absolute atomic E-state index is 13.4. The van der Waals surface area contributed by atoms with E-state index in [0.717, 1.165) is 36.8 Å². The van der Waals surface area contributed by atoms with Gasteiger partial charge in [0.05, 0.1) is 27.9 Å². The van der Waals surface area contributed by atoms with Crippen molar-refractivity contribution in [3.63, 3.8) is 0 Å². The van der Waals surface area contributed by atoms with Crippen molar-refractivity contribution in [2.45, 2.75) is 45.1 Å². The van der Waals surface area contributed by atoms with Gasteiger partial charge in [0.1, 0.15) is 12.4 Å². The maximum atomic E-state index is 13.4. The monoisotopic (exact) mass is 400 g/mol. The summed E-state index contributed by atoms with van der Waals surface area (Å²) in [6.07, 6.45) is 7.66. The Balaban J connectivity index is 1.30. The number of thiazole rings is 1. The lowest BCUT2D eigenvalue weighted by atomic mass is 10.0. The van der Waals surface area contributed by atoms with Gasteiger partial charge in [-0.3, -0.25) is 14.2 Å². The predicted molar refractivity (Wildman–Crippen MR) is 106 cm³/mol. The minimum atomic E-state index is -0.502. The largest absolute Gasteiger partial charge is 0.355 e. The molecule has 28 heavy (non-hydrogen) atoms. The molecule has 0 fully saturated rings. The molecule has 0 radical (unpaired) electrons. The fourth-order valence-electron chi connectivity index (χ4n) is 3.43. The lowest BCUT2D eigenvalue weighted by molar-refractivity contribution is -0.121. The van der Waals surface area contributed by atoms with Crippen molar-refractivity contribution in [2.24, 2.45) is 0 Å². The molecule has 0 unspecified atom stereocenters. The fraction of sp³-hybridized carbons (Fsp3) is 0.400. The van der Waals surface area contributed by atoms with E-state index in [2.05, 4.69) is 10.3 Å². The minimum absolute atomic E-state index is 0.135. The van der Waals surface area contributed by atoms with E-state index in [1.54, 1.807) is 11.3 Å². The van der Waals surface area contributed by atoms with Crippen molar-refractivity contribution < 1.29 is 9.18 Å². The minimum Gasteiger partial charge on any atom is -0.355 e. The molecule has 6 nitrogen and oxygen atoms in total. The number of carbonyl (C=O) groups excluding carboxylic acids is 1. The Kier molecular flexibility index (Phi) is 5.47. The number of rotatable bonds is 6. The lowest BCUT2D eigenvalue weighted by Crippen LogP contribution is -2.33. The first-order valence-electron chi connectivity index (χ1n) is 9.49. The average molecular weight is 400 g/mol. The Labute approximate surface area is 165 Å². The summed E-state index contributed by atoms with van der Waals surface area (Å²) < 4.78 is 14.6. The van der Waals surface area contributed by atoms with Crippen LogP contribution in [0.3, 0.4) is 0 Å². The number of fused-ring (bicyclic) bond motifs is 2. The van der Waals surface area contributed by atoms with Crippen LogP contribution in [0, 0.1) is 5.82 Å². The van der Waals surface area contributed by atoms with E-state index in [1.165, 1.54) is 46.4 Å². The Hall–Kier alpha value is -2.61. The number of hydrogen-bond acceptors (Lipinski definition) is 5. The molecular weight excluding hydrogens is 379 g/mol. The molecular formula is C20H21FN4O2S. The highest BCUT2D eigenvalue weighted by Gasteiger charge is 2.15. The highest BCUT2D eigenvalue weighted by molar-refractivity contribution is 7.11. The van der Waals surface area contributed by atoms with E-state index in [4.69, 9.17) is 4.98 Å². The zero-order valence-corrected chi connectivity index (χ0v) is 16.2. The summed E-state index contributed by atoms with van der Waals surface area (Å²) in [5, 5.41) is 4.13. The number of nitrogens with one attached hydrogen (secondary N) is 1. The van der Waals surface area contributed by atoms with Crippen molar-refractivity contribution in [3.05, 3.63) is 56.3 Å². The normalized spacial score (nSPS) is 13.5. The van der Waals surface area contributed by atoms with Crippen molar-refractivity contribution >= 4 is 28.1 Å². The summed E-state index contributed by atoms with van der Waals surface area (Å²) >= 11 is 1.79. The lowest BCUT2D eigenvalue weighted by Gasteiger charge is -2.07. The molecule has 0 saturated carbocycles. The molecule has 4 rings (SSSR count). The molecule has 0 spiro atoms. The van der Waals surface area contributed by atoms with Gasteiger partial charge in [0.25, 0.3) is 5.56 Å². The molecule has 1 aromatic carbocycles. The molecule has 2 heterocycles. The van der Waals surface area contributed by atoms with Crippen LogP contribution in [-0.2, 0) is 30.6 Å². The summed E-state index contributed by atoms with van der Waals surface area (Å²) in [6.45, 7) is 0.386. The van der Waals surface area contributed by atoms with Crippen molar-refractivity contribution in [2.75, 3.05) is 6.54 Å². The summed E-state index contributed by atoms with van der Waals surface area (Å²) in [4.78, 5) is 34.8. The Morgan fingerprint density at radius 3 is 3.00 bits per heavy atom. The molecule has 0 aliphatic heterocycles. The molecule has 1 amide bonds. The third-order valence-corrected chi connectivity index (χ3v) is 6.10. The third-order valence-electron chi connectivity index (χ3n) is 4.88. The molecule has 146 valence electrons. The fourth-order valence-corrected chi connectivity index (χ4v) is 4.63. The number of nitrogens with zero attached hydrogens (tertiary/aromatic N) is 3. The number of carbonyl (C=O) groups is 1. The zero-order chi connectivity index (χ0) is 19.5. The zero-order valence-electron chi connectivity index (χ0n) is 15.4. The average Bonchev–Trinajstić information content (AvgIpc) is 3.11. The Morgan fingerprint density at radius 1 is 1.29 bits per heavy atom. The van der Waals surface area contributed by atoms with Crippen LogP contribution in [0.25, 0.3) is 10.9 Å². The van der Waals surface area contributed by atoms with Gasteiger partial charge in [-0.2, -0.15) is 0 Å². The summed E-state index contributed by atoms with van der Waals surface area (Å²) in [6, 6.07) is 3.85. The number of aromatic nitrogens is 3. The predicted octanol–water partition coefficient (Wildman–Crippen LogP) is 2.62. The van der Waals surface area contributed by atoms with E-state index in [9.17, 15) is 14.0 Å². The van der Waals surface area contributed by atoms with Gasteiger partial charge in [-0.05, 0) is 50.3 Å². The quantitative estimate of drug-likeness (QED) is 0.646. The van der Waals surface area contributed by atoms with E-state index in [0.29, 0.717) is 12.1 Å². The molecule has 2 aromatic heterocycles. The maximum Gasteiger partial charge on any atom is 0.261 e. The number of amides is 1. The Bertz CT molecular complexity index is 1050. The molecule has 1 aliphatic carbocycles. The summed E-state index contributed by atoms with van der Waals surface area (Å²) in [5.41, 5.74) is 1.25. The van der Waals surface area contributed by atoms with Crippen LogP contribution >= 0.6 is 11.3 Å². The second kappa shape index (κ2) is 8.18. The van der Waals surface area contributed by atoms with Crippen molar-refractivity contribution in [1.29, 1.82) is 0 Å². The molecule has 1 aliphatic rings. The van der Waals surface area contributed by atoms with Crippen LogP contribution in [0.2, 0.25) is 0 Å². The molecule has 3 aromatic rings. The van der Waals surface area contributed by atoms with E-state index in [1.807, 2.05) is 0 Å². The van der Waals surface area contributed by atoms with Crippen LogP contribution in [0.5, 0.6) is 0 Å². The Morgan fingerprint density at radius 2 is 2.14 bits per heavy atom. The van der Waals surface area contributed by atoms with Gasteiger partial charge in [0.2, 0.25) is 5.91 Å². The van der Waals surface area contributed by atoms with Crippen LogP contribution in [0.4, 0.5) is 4.39 Å². The first-order chi connectivity index (χ1) is 13.6. The SMILES string of the molecule is O=C(Cn1cnc2ccc(F)cc2c1=O)NCCCc1nc2c(s1)CCCC2. The van der Waals surface area contributed by atoms with Crippen molar-refractivity contribution in [3.8, 4) is 0 Å². The topological polar surface area (TPSA) is 76.9 Å². The standard InChI is InChI=1S/C20H21FN4O2S/c21-13-7-8-15-14(10-13)20(27)25(12-23-15)11-18(26)22-9-3-6-19-24-16-4-1-2-5-17(16)28-19/h7-8,10,12H,1-6,9,11H2,(H,22,26). The molecule has 8 heteroatoms. The van der Waals surface area contributed by atoms with Gasteiger partial charge >= 0.3 is 0 Å². The van der Waals surface area contributed by atoms with E-state index < -0.39 is 11.4 Å². The third kappa shape index (κ3) is 4.11. The smallest absolute Gasteiger partial charge is 0.261 e. The first-order valence-corrected chi connectivity index (χ1v) is 10.3. The van der Waals surface area contributed by atoms with Gasteiger partial charge in [-0.25, -0.2) is 14.4 Å². The highest BCUT2D eigenvalue weighted by Crippen LogP contribution is 2.27. The van der Waals surface area contributed by atoms with Gasteiger partial charge in [0.15, 0.2) is 0 Å². The van der Waals surface area contributed by atoms with Gasteiger partial charge in [-0.15, -0.1) is 11.3 Å². The molecule has 0 saturated heterocycles. The van der Waals surface area contributed by atoms with Crippen LogP contribution in [0.1, 0.15) is 34.8 Å². The first kappa shape index (κ1) is 18.7. The van der Waals surface area contributed by atoms with Crippen LogP contribution in [0.15, 0.2) is 29.3 Å². The summed E-state index contributed by atoms with van der Waals surface area (Å²) in [5.74, 6) is -0.768.